The van der Waals surface area contributed by atoms with Gasteiger partial charge in [-0.2, -0.15) is 0 Å². The van der Waals surface area contributed by atoms with Crippen LogP contribution in [-0.4, -0.2) is 26.5 Å². The summed E-state index contributed by atoms with van der Waals surface area (Å²) in [5, 5.41) is 28.3. The lowest BCUT2D eigenvalue weighted by Crippen LogP contribution is -2.12. The van der Waals surface area contributed by atoms with Crippen LogP contribution in [0, 0.1) is 5.41 Å². The largest absolute Gasteiger partial charge is 0.493 e. The van der Waals surface area contributed by atoms with Crippen LogP contribution in [-0.2, 0) is 11.3 Å². The molecule has 2 heterocycles. The summed E-state index contributed by atoms with van der Waals surface area (Å²) < 4.78 is 6.84. The van der Waals surface area contributed by atoms with Crippen molar-refractivity contribution in [1.29, 1.82) is 5.41 Å². The van der Waals surface area contributed by atoms with Crippen molar-refractivity contribution in [3.05, 3.63) is 60.7 Å². The molecule has 1 aromatic carbocycles. The maximum absolute atomic E-state index is 12.2. The van der Waals surface area contributed by atoms with Crippen molar-refractivity contribution in [3.8, 4) is 17.2 Å². The number of unbranched alkanes of at least 4 members (excludes halogenated alkanes) is 1. The number of thiazole rings is 1. The highest BCUT2D eigenvalue weighted by Crippen LogP contribution is 2.33. The molecule has 2 aromatic heterocycles. The average Bonchev–Trinajstić information content (AvgIpc) is 3.24. The minimum atomic E-state index is -0.913. The maximum atomic E-state index is 12.2. The summed E-state index contributed by atoms with van der Waals surface area (Å²) in [4.78, 5) is 22.4. The number of aliphatic carboxylic acids is 1. The van der Waals surface area contributed by atoms with Crippen LogP contribution in [0.1, 0.15) is 29.9 Å². The maximum Gasteiger partial charge on any atom is 0.310 e. The van der Waals surface area contributed by atoms with Gasteiger partial charge in [-0.05, 0) is 43.2 Å². The van der Waals surface area contributed by atoms with E-state index in [9.17, 15) is 14.7 Å². The SMILES string of the molecule is N=C(c1ccc(-c2ccc(Cl)cc2Cl)o1)c1sc(=O)n(CCCCC(=O)O)c1O. The Bertz CT molecular complexity index is 1130. The second-order valence-electron chi connectivity index (χ2n) is 6.19. The van der Waals surface area contributed by atoms with Crippen molar-refractivity contribution < 1.29 is 19.4 Å². The van der Waals surface area contributed by atoms with Gasteiger partial charge in [0.05, 0.1) is 5.02 Å². The first-order valence-corrected chi connectivity index (χ1v) is 10.1. The van der Waals surface area contributed by atoms with E-state index in [1.807, 2.05) is 0 Å². The summed E-state index contributed by atoms with van der Waals surface area (Å²) in [6.45, 7) is 0.172. The molecule has 3 N–H and O–H groups in total. The monoisotopic (exact) mass is 454 g/mol. The standard InChI is InChI=1S/C19H16Cl2N2O5S/c20-10-4-5-11(12(21)9-10)13-6-7-14(28-13)16(22)17-18(26)23(19(27)29-17)8-2-1-3-15(24)25/h4-7,9,22,26H,1-3,8H2,(H,24,25). The molecule has 7 nitrogen and oxygen atoms in total. The Labute approximate surface area is 179 Å². The topological polar surface area (TPSA) is 117 Å². The number of carbonyl (C=O) groups is 1. The van der Waals surface area contributed by atoms with Gasteiger partial charge in [0.2, 0.25) is 5.88 Å². The van der Waals surface area contributed by atoms with Gasteiger partial charge in [-0.1, -0.05) is 34.5 Å². The van der Waals surface area contributed by atoms with E-state index >= 15 is 0 Å². The highest BCUT2D eigenvalue weighted by Gasteiger charge is 2.21. The molecule has 10 heteroatoms. The molecular formula is C19H16Cl2N2O5S. The molecule has 0 aliphatic heterocycles. The van der Waals surface area contributed by atoms with Crippen LogP contribution >= 0.6 is 34.5 Å². The van der Waals surface area contributed by atoms with E-state index in [4.69, 9.17) is 38.1 Å². The molecule has 29 heavy (non-hydrogen) atoms. The number of rotatable bonds is 8. The van der Waals surface area contributed by atoms with Crippen molar-refractivity contribution in [2.75, 3.05) is 0 Å². The third-order valence-electron chi connectivity index (χ3n) is 4.17. The number of nitrogens with zero attached hydrogens (tertiary/aromatic N) is 1. The van der Waals surface area contributed by atoms with Gasteiger partial charge in [0, 0.05) is 23.6 Å². The van der Waals surface area contributed by atoms with Crippen LogP contribution in [0.2, 0.25) is 10.0 Å². The molecule has 0 saturated heterocycles. The Morgan fingerprint density at radius 3 is 2.66 bits per heavy atom. The van der Waals surface area contributed by atoms with Gasteiger partial charge in [0.15, 0.2) is 5.76 Å². The molecule has 0 saturated carbocycles. The van der Waals surface area contributed by atoms with Crippen molar-refractivity contribution in [2.45, 2.75) is 25.8 Å². The first-order valence-electron chi connectivity index (χ1n) is 8.57. The van der Waals surface area contributed by atoms with Crippen LogP contribution < -0.4 is 4.87 Å². The predicted molar refractivity (Wildman–Crippen MR) is 112 cm³/mol. The van der Waals surface area contributed by atoms with Gasteiger partial charge in [0.25, 0.3) is 0 Å². The first-order chi connectivity index (χ1) is 13.8. The normalized spacial score (nSPS) is 11.0. The Kier molecular flexibility index (Phi) is 6.46. The number of furan rings is 1. The third-order valence-corrected chi connectivity index (χ3v) is 5.70. The van der Waals surface area contributed by atoms with Gasteiger partial charge < -0.3 is 14.6 Å². The molecule has 0 atom stereocenters. The van der Waals surface area contributed by atoms with Crippen molar-refractivity contribution in [1.82, 2.24) is 4.57 Å². The fraction of sp³-hybridized carbons (Fsp3) is 0.211. The van der Waals surface area contributed by atoms with Crippen LogP contribution in [0.5, 0.6) is 5.88 Å². The summed E-state index contributed by atoms with van der Waals surface area (Å²) in [7, 11) is 0. The first kappa shape index (κ1) is 21.2. The molecular weight excluding hydrogens is 439 g/mol. The summed E-state index contributed by atoms with van der Waals surface area (Å²) in [6.07, 6.45) is 0.793. The molecule has 0 aliphatic carbocycles. The zero-order chi connectivity index (χ0) is 21.1. The molecule has 0 radical (unpaired) electrons. The van der Waals surface area contributed by atoms with E-state index in [1.54, 1.807) is 30.3 Å². The number of nitrogens with one attached hydrogen (secondary N) is 1. The number of aromatic nitrogens is 1. The van der Waals surface area contributed by atoms with E-state index in [0.717, 1.165) is 15.9 Å². The molecule has 3 aromatic rings. The molecule has 0 fully saturated rings. The molecule has 0 amide bonds. The molecule has 0 unspecified atom stereocenters. The molecule has 3 rings (SSSR count). The zero-order valence-corrected chi connectivity index (χ0v) is 17.3. The lowest BCUT2D eigenvalue weighted by atomic mass is 10.2. The number of carboxylic acids is 1. The van der Waals surface area contributed by atoms with Gasteiger partial charge in [0.1, 0.15) is 16.3 Å². The van der Waals surface area contributed by atoms with Crippen LogP contribution in [0.15, 0.2) is 39.5 Å². The fourth-order valence-corrected chi connectivity index (χ4v) is 4.09. The Morgan fingerprint density at radius 1 is 1.21 bits per heavy atom. The summed E-state index contributed by atoms with van der Waals surface area (Å²) in [5.41, 5.74) is 0.466. The van der Waals surface area contributed by atoms with Gasteiger partial charge in [-0.15, -0.1) is 0 Å². The summed E-state index contributed by atoms with van der Waals surface area (Å²) in [6, 6.07) is 8.14. The lowest BCUT2D eigenvalue weighted by Gasteiger charge is -2.04. The lowest BCUT2D eigenvalue weighted by molar-refractivity contribution is -0.137. The zero-order valence-electron chi connectivity index (χ0n) is 14.9. The Morgan fingerprint density at radius 2 is 1.97 bits per heavy atom. The van der Waals surface area contributed by atoms with E-state index in [-0.39, 0.29) is 35.2 Å². The average molecular weight is 455 g/mol. The van der Waals surface area contributed by atoms with E-state index in [0.29, 0.717) is 34.2 Å². The minimum Gasteiger partial charge on any atom is -0.493 e. The fourth-order valence-electron chi connectivity index (χ4n) is 2.72. The summed E-state index contributed by atoms with van der Waals surface area (Å²) >= 11 is 12.8. The minimum absolute atomic E-state index is 0.00917. The number of hydrogen-bond donors (Lipinski definition) is 3. The Balaban J connectivity index is 1.81. The highest BCUT2D eigenvalue weighted by molar-refractivity contribution is 7.12. The van der Waals surface area contributed by atoms with Crippen LogP contribution in [0.3, 0.4) is 0 Å². The predicted octanol–water partition coefficient (Wildman–Crippen LogP) is 4.85. The van der Waals surface area contributed by atoms with Crippen molar-refractivity contribution in [3.63, 3.8) is 0 Å². The third kappa shape index (κ3) is 4.72. The number of aromatic hydroxyl groups is 1. The molecule has 0 aliphatic rings. The van der Waals surface area contributed by atoms with Gasteiger partial charge in [-0.3, -0.25) is 19.6 Å². The number of benzene rings is 1. The molecule has 0 bridgehead atoms. The smallest absolute Gasteiger partial charge is 0.310 e. The van der Waals surface area contributed by atoms with E-state index < -0.39 is 10.8 Å². The van der Waals surface area contributed by atoms with Gasteiger partial charge >= 0.3 is 10.8 Å². The van der Waals surface area contributed by atoms with Crippen LogP contribution in [0.4, 0.5) is 0 Å². The van der Waals surface area contributed by atoms with Gasteiger partial charge in [-0.25, -0.2) is 0 Å². The van der Waals surface area contributed by atoms with Crippen molar-refractivity contribution >= 4 is 46.2 Å². The van der Waals surface area contributed by atoms with E-state index in [1.165, 1.54) is 0 Å². The number of hydrogen-bond acceptors (Lipinski definition) is 6. The second kappa shape index (κ2) is 8.86. The second-order valence-corrected chi connectivity index (χ2v) is 7.99. The Hall–Kier alpha value is -2.55. The highest BCUT2D eigenvalue weighted by atomic mass is 35.5. The van der Waals surface area contributed by atoms with Crippen molar-refractivity contribution in [2.24, 2.45) is 0 Å². The molecule has 0 spiro atoms. The number of halogens is 2. The van der Waals surface area contributed by atoms with Crippen LogP contribution in [0.25, 0.3) is 11.3 Å². The molecule has 152 valence electrons. The quantitative estimate of drug-likeness (QED) is 0.332. The number of carboxylic acid groups (broad SMARTS) is 1. The summed E-state index contributed by atoms with van der Waals surface area (Å²) in [5.74, 6) is -0.654. The van der Waals surface area contributed by atoms with E-state index in [2.05, 4.69) is 0 Å².